The van der Waals surface area contributed by atoms with Crippen LogP contribution in [0.25, 0.3) is 0 Å². The summed E-state index contributed by atoms with van der Waals surface area (Å²) in [6, 6.07) is 0. The van der Waals surface area contributed by atoms with Crippen LogP contribution < -0.4 is 0 Å². The minimum absolute atomic E-state index is 0.0426. The molecule has 0 aliphatic carbocycles. The molecule has 0 radical (unpaired) electrons. The van der Waals surface area contributed by atoms with Crippen molar-refractivity contribution in [1.82, 2.24) is 0 Å². The van der Waals surface area contributed by atoms with Crippen LogP contribution in [0.1, 0.15) is 226 Å². The number of hydrogen-bond acceptors (Lipinski definition) is 5. The summed E-state index contributed by atoms with van der Waals surface area (Å²) in [7, 11) is 0. The largest absolute Gasteiger partial charge is 0.462 e. The molecule has 0 N–H and O–H groups in total. The molecule has 0 aromatic heterocycles. The number of esters is 2. The van der Waals surface area contributed by atoms with Crippen molar-refractivity contribution in [2.24, 2.45) is 0 Å². The van der Waals surface area contributed by atoms with Crippen molar-refractivity contribution in [2.45, 2.75) is 232 Å². The molecular weight excluding hydrogens is 837 g/mol. The van der Waals surface area contributed by atoms with Crippen LogP contribution in [0, 0.1) is 0 Å². The van der Waals surface area contributed by atoms with Gasteiger partial charge in [0.25, 0.3) is 0 Å². The Balaban J connectivity index is 4.45. The van der Waals surface area contributed by atoms with Gasteiger partial charge in [-0.25, -0.2) is 0 Å². The molecule has 68 heavy (non-hydrogen) atoms. The third-order valence-corrected chi connectivity index (χ3v) is 11.2. The highest BCUT2D eigenvalue weighted by atomic mass is 16.6. The lowest BCUT2D eigenvalue weighted by Gasteiger charge is -2.18. The summed E-state index contributed by atoms with van der Waals surface area (Å²) in [5.74, 6) is -0.464. The van der Waals surface area contributed by atoms with Crippen LogP contribution >= 0.6 is 0 Å². The fraction of sp³-hybridized carbons (Fsp3) is 0.619. The Morgan fingerprint density at radius 3 is 1.06 bits per heavy atom. The fourth-order valence-corrected chi connectivity index (χ4v) is 7.10. The van der Waals surface area contributed by atoms with Gasteiger partial charge in [0.15, 0.2) is 6.10 Å². The van der Waals surface area contributed by atoms with Gasteiger partial charge in [-0.2, -0.15) is 0 Å². The van der Waals surface area contributed by atoms with Gasteiger partial charge in [0.1, 0.15) is 6.61 Å². The number of ether oxygens (including phenoxy) is 3. The second kappa shape index (κ2) is 57.4. The Morgan fingerprint density at radius 2 is 0.662 bits per heavy atom. The maximum absolute atomic E-state index is 12.8. The highest BCUT2D eigenvalue weighted by Gasteiger charge is 2.17. The van der Waals surface area contributed by atoms with Crippen molar-refractivity contribution in [3.05, 3.63) is 134 Å². The first kappa shape index (κ1) is 64.0. The van der Waals surface area contributed by atoms with Crippen molar-refractivity contribution < 1.29 is 23.8 Å². The van der Waals surface area contributed by atoms with E-state index in [2.05, 4.69) is 154 Å². The van der Waals surface area contributed by atoms with E-state index in [4.69, 9.17) is 14.2 Å². The summed E-state index contributed by atoms with van der Waals surface area (Å²) in [4.78, 5) is 25.5. The van der Waals surface area contributed by atoms with Crippen LogP contribution in [0.15, 0.2) is 134 Å². The second-order valence-electron chi connectivity index (χ2n) is 17.7. The molecule has 0 aliphatic rings. The van der Waals surface area contributed by atoms with E-state index in [1.54, 1.807) is 0 Å². The third kappa shape index (κ3) is 54.6. The second-order valence-corrected chi connectivity index (χ2v) is 17.7. The van der Waals surface area contributed by atoms with Gasteiger partial charge in [0.05, 0.1) is 6.61 Å². The Hall–Kier alpha value is -3.96. The molecule has 0 saturated heterocycles. The first-order chi connectivity index (χ1) is 33.6. The summed E-state index contributed by atoms with van der Waals surface area (Å²) < 4.78 is 17.4. The molecule has 5 heteroatoms. The van der Waals surface area contributed by atoms with Crippen molar-refractivity contribution in [3.8, 4) is 0 Å². The van der Waals surface area contributed by atoms with Crippen LogP contribution in [-0.4, -0.2) is 37.9 Å². The van der Waals surface area contributed by atoms with Gasteiger partial charge in [0.2, 0.25) is 0 Å². The summed E-state index contributed by atoms with van der Waals surface area (Å²) >= 11 is 0. The molecule has 0 amide bonds. The van der Waals surface area contributed by atoms with Gasteiger partial charge >= 0.3 is 11.9 Å². The zero-order valence-electron chi connectivity index (χ0n) is 44.1. The number of allylic oxidation sites excluding steroid dienone is 22. The number of unbranched alkanes of at least 4 members (excludes halogenated alkanes) is 16. The average molecular weight is 940 g/mol. The minimum Gasteiger partial charge on any atom is -0.462 e. The number of carbonyl (C=O) groups is 2. The van der Waals surface area contributed by atoms with Gasteiger partial charge in [0, 0.05) is 19.4 Å². The summed E-state index contributed by atoms with van der Waals surface area (Å²) in [6.07, 6.45) is 81.9. The Morgan fingerprint density at radius 1 is 0.338 bits per heavy atom. The molecule has 0 fully saturated rings. The highest BCUT2D eigenvalue weighted by molar-refractivity contribution is 5.70. The quantitative estimate of drug-likeness (QED) is 0.0345. The van der Waals surface area contributed by atoms with Gasteiger partial charge in [-0.3, -0.25) is 9.59 Å². The van der Waals surface area contributed by atoms with E-state index in [1.807, 2.05) is 0 Å². The van der Waals surface area contributed by atoms with E-state index in [1.165, 1.54) is 64.2 Å². The van der Waals surface area contributed by atoms with E-state index in [0.29, 0.717) is 19.4 Å². The zero-order valence-corrected chi connectivity index (χ0v) is 44.1. The first-order valence-electron chi connectivity index (χ1n) is 27.7. The lowest BCUT2D eigenvalue weighted by Crippen LogP contribution is -2.30. The van der Waals surface area contributed by atoms with Crippen LogP contribution in [0.4, 0.5) is 0 Å². The molecule has 1 atom stereocenters. The number of rotatable bonds is 49. The SMILES string of the molecule is CC/C=C\C/C=C\C/C=C\C/C=C\C/C=C\C/C=C\CCCOCC(COC(=O)CCCCCCCCC/C=C\C/C=C\C/C=C\CC)OC(=O)CCCCCCC/C=C\C/C=C\CCCCC. The molecule has 0 saturated carbocycles. The Bertz CT molecular complexity index is 1430. The van der Waals surface area contributed by atoms with E-state index in [0.717, 1.165) is 128 Å². The van der Waals surface area contributed by atoms with E-state index < -0.39 is 6.10 Å². The Labute approximate surface area is 419 Å². The highest BCUT2D eigenvalue weighted by Crippen LogP contribution is 2.13. The summed E-state index contributed by atoms with van der Waals surface area (Å²) in [6.45, 7) is 7.40. The normalized spacial score (nSPS) is 13.3. The zero-order chi connectivity index (χ0) is 49.2. The number of hydrogen-bond donors (Lipinski definition) is 0. The summed E-state index contributed by atoms with van der Waals surface area (Å²) in [5, 5.41) is 0. The Kier molecular flexibility index (Phi) is 54.0. The molecule has 0 aromatic carbocycles. The molecule has 0 aliphatic heterocycles. The molecule has 0 bridgehead atoms. The standard InChI is InChI=1S/C63H102O5/c1-4-7-10-13-16-19-22-25-28-30-31-32-34-37-40-43-46-49-52-55-58-66-59-61(68-63(65)57-54-51-48-45-42-39-35-27-24-21-18-15-12-9-6-3)60-67-62(64)56-53-50-47-44-41-38-36-33-29-26-23-20-17-14-11-8-5-2/h7-8,10-11,16-21,25-29,31-32,35,37,40,46,49,61H,4-6,9,12-15,22-24,30,33-34,36,38-39,41-45,47-48,50-60H2,1-3H3/b10-7-,11-8-,19-16-,20-17-,21-18-,28-25-,29-26-,32-31-,35-27-,40-37-,49-46-. The monoisotopic (exact) mass is 939 g/mol. The van der Waals surface area contributed by atoms with Gasteiger partial charge in [-0.05, 0) is 128 Å². The van der Waals surface area contributed by atoms with Crippen LogP contribution in [-0.2, 0) is 23.8 Å². The van der Waals surface area contributed by atoms with Crippen molar-refractivity contribution in [2.75, 3.05) is 19.8 Å². The lowest BCUT2D eigenvalue weighted by atomic mass is 10.1. The van der Waals surface area contributed by atoms with E-state index in [-0.39, 0.29) is 25.2 Å². The molecule has 1 unspecified atom stereocenters. The smallest absolute Gasteiger partial charge is 0.306 e. The lowest BCUT2D eigenvalue weighted by molar-refractivity contribution is -0.163. The summed E-state index contributed by atoms with van der Waals surface area (Å²) in [5.41, 5.74) is 0. The van der Waals surface area contributed by atoms with E-state index in [9.17, 15) is 9.59 Å². The predicted molar refractivity (Wildman–Crippen MR) is 297 cm³/mol. The fourth-order valence-electron chi connectivity index (χ4n) is 7.10. The first-order valence-corrected chi connectivity index (χ1v) is 27.7. The third-order valence-electron chi connectivity index (χ3n) is 11.2. The van der Waals surface area contributed by atoms with Gasteiger partial charge < -0.3 is 14.2 Å². The molecule has 5 nitrogen and oxygen atoms in total. The maximum atomic E-state index is 12.8. The van der Waals surface area contributed by atoms with Gasteiger partial charge in [-0.1, -0.05) is 219 Å². The van der Waals surface area contributed by atoms with Crippen LogP contribution in [0.3, 0.4) is 0 Å². The number of carbonyl (C=O) groups excluding carboxylic acids is 2. The molecular formula is C63H102O5. The van der Waals surface area contributed by atoms with Crippen LogP contribution in [0.5, 0.6) is 0 Å². The topological polar surface area (TPSA) is 61.8 Å². The van der Waals surface area contributed by atoms with Crippen LogP contribution in [0.2, 0.25) is 0 Å². The maximum Gasteiger partial charge on any atom is 0.306 e. The average Bonchev–Trinajstić information content (AvgIpc) is 3.34. The molecule has 0 spiro atoms. The predicted octanol–water partition coefficient (Wildman–Crippen LogP) is 19.1. The van der Waals surface area contributed by atoms with E-state index >= 15 is 0 Å². The molecule has 384 valence electrons. The van der Waals surface area contributed by atoms with Gasteiger partial charge in [-0.15, -0.1) is 0 Å². The minimum atomic E-state index is -0.588. The molecule has 0 aromatic rings. The van der Waals surface area contributed by atoms with Crippen molar-refractivity contribution in [1.29, 1.82) is 0 Å². The van der Waals surface area contributed by atoms with Crippen molar-refractivity contribution in [3.63, 3.8) is 0 Å². The van der Waals surface area contributed by atoms with Crippen molar-refractivity contribution >= 4 is 11.9 Å². The molecule has 0 rings (SSSR count). The molecule has 0 heterocycles.